The number of rotatable bonds is 2. The summed E-state index contributed by atoms with van der Waals surface area (Å²) in [6, 6.07) is 5.95. The molecule has 21 heavy (non-hydrogen) atoms. The van der Waals surface area contributed by atoms with Gasteiger partial charge in [0.25, 0.3) is 0 Å². The number of hydrogen-bond donors (Lipinski definition) is 0. The van der Waals surface area contributed by atoms with E-state index in [9.17, 15) is 0 Å². The molecule has 4 aliphatic carbocycles. The molecule has 2 aromatic heterocycles. The SMILES string of the molecule is c1ccc(-c2cn(C34CC5CC(CC(C5)C3)C4)nn2)nc1. The van der Waals surface area contributed by atoms with E-state index in [4.69, 9.17) is 0 Å². The zero-order valence-electron chi connectivity index (χ0n) is 12.2. The predicted octanol–water partition coefficient (Wildman–Crippen LogP) is 3.27. The maximum Gasteiger partial charge on any atom is 0.131 e. The molecule has 4 saturated carbocycles. The Kier molecular flexibility index (Phi) is 2.35. The van der Waals surface area contributed by atoms with Crippen molar-refractivity contribution in [1.82, 2.24) is 20.0 Å². The lowest BCUT2D eigenvalue weighted by Gasteiger charge is -2.56. The van der Waals surface area contributed by atoms with Crippen molar-refractivity contribution in [2.45, 2.75) is 44.1 Å². The van der Waals surface area contributed by atoms with Crippen LogP contribution >= 0.6 is 0 Å². The summed E-state index contributed by atoms with van der Waals surface area (Å²) in [5.74, 6) is 2.79. The molecule has 4 heteroatoms. The monoisotopic (exact) mass is 280 g/mol. The van der Waals surface area contributed by atoms with Crippen LogP contribution in [0.3, 0.4) is 0 Å². The third kappa shape index (κ3) is 1.78. The molecular weight excluding hydrogens is 260 g/mol. The van der Waals surface area contributed by atoms with Gasteiger partial charge in [-0.05, 0) is 68.4 Å². The lowest BCUT2D eigenvalue weighted by molar-refractivity contribution is -0.0502. The Labute approximate surface area is 124 Å². The van der Waals surface area contributed by atoms with Crippen LogP contribution in [0.25, 0.3) is 11.4 Å². The highest BCUT2D eigenvalue weighted by atomic mass is 15.5. The number of aromatic nitrogens is 4. The van der Waals surface area contributed by atoms with Crippen molar-refractivity contribution in [2.75, 3.05) is 0 Å². The first-order valence-corrected chi connectivity index (χ1v) is 8.15. The molecule has 0 saturated heterocycles. The second-order valence-electron chi connectivity index (χ2n) is 7.41. The van der Waals surface area contributed by atoms with Gasteiger partial charge in [-0.25, -0.2) is 4.68 Å². The van der Waals surface area contributed by atoms with Crippen LogP contribution in [0.2, 0.25) is 0 Å². The minimum Gasteiger partial charge on any atom is -0.254 e. The molecule has 4 aliphatic rings. The zero-order chi connectivity index (χ0) is 13.9. The highest BCUT2D eigenvalue weighted by Gasteiger charge is 2.52. The van der Waals surface area contributed by atoms with Crippen molar-refractivity contribution in [3.63, 3.8) is 0 Å². The molecule has 0 N–H and O–H groups in total. The molecule has 6 rings (SSSR count). The fraction of sp³-hybridized carbons (Fsp3) is 0.588. The van der Waals surface area contributed by atoms with Crippen LogP contribution in [0.1, 0.15) is 38.5 Å². The number of hydrogen-bond acceptors (Lipinski definition) is 3. The van der Waals surface area contributed by atoms with Gasteiger partial charge in [0.1, 0.15) is 5.69 Å². The first-order chi connectivity index (χ1) is 10.3. The Morgan fingerprint density at radius 1 is 0.952 bits per heavy atom. The van der Waals surface area contributed by atoms with E-state index in [-0.39, 0.29) is 5.54 Å². The molecule has 4 fully saturated rings. The van der Waals surface area contributed by atoms with Crippen molar-refractivity contribution in [3.8, 4) is 11.4 Å². The predicted molar refractivity (Wildman–Crippen MR) is 79.4 cm³/mol. The molecule has 4 nitrogen and oxygen atoms in total. The van der Waals surface area contributed by atoms with Gasteiger partial charge in [0.2, 0.25) is 0 Å². The number of pyridine rings is 1. The van der Waals surface area contributed by atoms with Crippen LogP contribution in [0.4, 0.5) is 0 Å². The van der Waals surface area contributed by atoms with Crippen LogP contribution < -0.4 is 0 Å². The van der Waals surface area contributed by atoms with Gasteiger partial charge in [0, 0.05) is 6.20 Å². The maximum atomic E-state index is 4.51. The third-order valence-corrected chi connectivity index (χ3v) is 5.91. The van der Waals surface area contributed by atoms with Crippen LogP contribution in [0, 0.1) is 17.8 Å². The molecule has 2 heterocycles. The lowest BCUT2D eigenvalue weighted by atomic mass is 9.53. The molecule has 108 valence electrons. The molecule has 0 amide bonds. The Hall–Kier alpha value is -1.71. The van der Waals surface area contributed by atoms with Crippen LogP contribution in [-0.4, -0.2) is 20.0 Å². The van der Waals surface area contributed by atoms with Crippen molar-refractivity contribution in [2.24, 2.45) is 17.8 Å². The molecule has 0 spiro atoms. The van der Waals surface area contributed by atoms with E-state index < -0.39 is 0 Å². The second-order valence-corrected chi connectivity index (χ2v) is 7.41. The summed E-state index contributed by atoms with van der Waals surface area (Å²) in [4.78, 5) is 4.39. The van der Waals surface area contributed by atoms with E-state index in [0.29, 0.717) is 0 Å². The fourth-order valence-electron chi connectivity index (χ4n) is 5.47. The standard InChI is InChI=1S/C17H20N4/c1-2-4-18-15(3-1)16-11-21(20-19-16)17-8-12-5-13(9-17)7-14(6-12)10-17/h1-4,11-14H,5-10H2. The van der Waals surface area contributed by atoms with Gasteiger partial charge in [-0.15, -0.1) is 5.10 Å². The Balaban J connectivity index is 1.52. The van der Waals surface area contributed by atoms with E-state index >= 15 is 0 Å². The molecule has 0 aliphatic heterocycles. The summed E-state index contributed by atoms with van der Waals surface area (Å²) < 4.78 is 2.20. The first kappa shape index (κ1) is 11.9. The lowest BCUT2D eigenvalue weighted by Crippen LogP contribution is -2.52. The highest BCUT2D eigenvalue weighted by molar-refractivity contribution is 5.51. The van der Waals surface area contributed by atoms with Crippen molar-refractivity contribution in [1.29, 1.82) is 0 Å². The minimum atomic E-state index is 0.259. The zero-order valence-corrected chi connectivity index (χ0v) is 12.2. The smallest absolute Gasteiger partial charge is 0.131 e. The molecule has 0 radical (unpaired) electrons. The van der Waals surface area contributed by atoms with E-state index in [1.54, 1.807) is 0 Å². The fourth-order valence-corrected chi connectivity index (χ4v) is 5.47. The topological polar surface area (TPSA) is 43.6 Å². The van der Waals surface area contributed by atoms with Crippen LogP contribution in [0.5, 0.6) is 0 Å². The van der Waals surface area contributed by atoms with Crippen LogP contribution in [0.15, 0.2) is 30.6 Å². The minimum absolute atomic E-state index is 0.259. The van der Waals surface area contributed by atoms with Crippen molar-refractivity contribution < 1.29 is 0 Å². The first-order valence-electron chi connectivity index (χ1n) is 8.15. The van der Waals surface area contributed by atoms with E-state index in [1.807, 2.05) is 24.4 Å². The molecule has 2 aromatic rings. The highest BCUT2D eigenvalue weighted by Crippen LogP contribution is 2.58. The van der Waals surface area contributed by atoms with Gasteiger partial charge < -0.3 is 0 Å². The summed E-state index contributed by atoms with van der Waals surface area (Å²) in [6.07, 6.45) is 12.3. The van der Waals surface area contributed by atoms with E-state index in [2.05, 4.69) is 26.2 Å². The molecule has 0 aromatic carbocycles. The average molecular weight is 280 g/mol. The Morgan fingerprint density at radius 2 is 1.67 bits per heavy atom. The van der Waals surface area contributed by atoms with Gasteiger partial charge >= 0.3 is 0 Å². The molecular formula is C17H20N4. The van der Waals surface area contributed by atoms with Crippen LogP contribution in [-0.2, 0) is 5.54 Å². The largest absolute Gasteiger partial charge is 0.254 e. The van der Waals surface area contributed by atoms with Gasteiger partial charge in [0.05, 0.1) is 17.4 Å². The van der Waals surface area contributed by atoms with E-state index in [1.165, 1.54) is 38.5 Å². The summed E-state index contributed by atoms with van der Waals surface area (Å²) >= 11 is 0. The molecule has 0 unspecified atom stereocenters. The Morgan fingerprint density at radius 3 is 2.29 bits per heavy atom. The van der Waals surface area contributed by atoms with Gasteiger partial charge in [-0.3, -0.25) is 4.98 Å². The average Bonchev–Trinajstić information content (AvgIpc) is 2.97. The summed E-state index contributed by atoms with van der Waals surface area (Å²) in [6.45, 7) is 0. The Bertz CT molecular complexity index is 625. The van der Waals surface area contributed by atoms with Crippen molar-refractivity contribution >= 4 is 0 Å². The maximum absolute atomic E-state index is 4.51. The van der Waals surface area contributed by atoms with Gasteiger partial charge in [0.15, 0.2) is 0 Å². The second kappa shape index (κ2) is 4.15. The quantitative estimate of drug-likeness (QED) is 0.848. The van der Waals surface area contributed by atoms with Crippen molar-refractivity contribution in [3.05, 3.63) is 30.6 Å². The van der Waals surface area contributed by atoms with Gasteiger partial charge in [-0.2, -0.15) is 0 Å². The summed E-state index contributed by atoms with van der Waals surface area (Å²) in [5, 5.41) is 8.90. The summed E-state index contributed by atoms with van der Waals surface area (Å²) in [5.41, 5.74) is 2.09. The van der Waals surface area contributed by atoms with E-state index in [0.717, 1.165) is 29.1 Å². The molecule has 0 atom stereocenters. The normalized spacial score (nSPS) is 37.0. The number of nitrogens with zero attached hydrogens (tertiary/aromatic N) is 4. The summed E-state index contributed by atoms with van der Waals surface area (Å²) in [7, 11) is 0. The third-order valence-electron chi connectivity index (χ3n) is 5.91. The van der Waals surface area contributed by atoms with Gasteiger partial charge in [-0.1, -0.05) is 11.3 Å². The molecule has 4 bridgehead atoms.